The first-order chi connectivity index (χ1) is 8.75. The Morgan fingerprint density at radius 1 is 1.11 bits per heavy atom. The van der Waals surface area contributed by atoms with Crippen molar-refractivity contribution in [3.05, 3.63) is 35.9 Å². The molecule has 1 aromatic rings. The van der Waals surface area contributed by atoms with Crippen LogP contribution in [0.1, 0.15) is 31.2 Å². The van der Waals surface area contributed by atoms with E-state index in [9.17, 15) is 10.2 Å². The normalized spacial score (nSPS) is 18.6. The van der Waals surface area contributed by atoms with Gasteiger partial charge in [-0.2, -0.15) is 0 Å². The van der Waals surface area contributed by atoms with Gasteiger partial charge in [0.05, 0.1) is 25.4 Å². The standard InChI is InChI=1S/C15H22O3/c16-14(8-9-15(17)13-6-7-13)11-18-10-12-4-2-1-3-5-12/h1-5,13-17H,6-11H2. The minimum absolute atomic E-state index is 0.228. The summed E-state index contributed by atoms with van der Waals surface area (Å²) in [5.74, 6) is 0.488. The summed E-state index contributed by atoms with van der Waals surface area (Å²) >= 11 is 0. The molecule has 0 saturated heterocycles. The van der Waals surface area contributed by atoms with Crippen LogP contribution in [-0.2, 0) is 11.3 Å². The molecule has 2 atom stereocenters. The third-order valence-electron chi connectivity index (χ3n) is 3.38. The van der Waals surface area contributed by atoms with E-state index in [0.29, 0.717) is 32.0 Å². The summed E-state index contributed by atoms with van der Waals surface area (Å²) in [7, 11) is 0. The van der Waals surface area contributed by atoms with Crippen molar-refractivity contribution >= 4 is 0 Å². The van der Waals surface area contributed by atoms with E-state index in [1.54, 1.807) is 0 Å². The van der Waals surface area contributed by atoms with E-state index in [-0.39, 0.29) is 6.10 Å². The molecule has 2 unspecified atom stereocenters. The fourth-order valence-corrected chi connectivity index (χ4v) is 2.05. The number of benzene rings is 1. The largest absolute Gasteiger partial charge is 0.393 e. The van der Waals surface area contributed by atoms with Crippen LogP contribution < -0.4 is 0 Å². The fourth-order valence-electron chi connectivity index (χ4n) is 2.05. The fraction of sp³-hybridized carbons (Fsp3) is 0.600. The van der Waals surface area contributed by atoms with Crippen LogP contribution >= 0.6 is 0 Å². The van der Waals surface area contributed by atoms with Crippen molar-refractivity contribution < 1.29 is 14.9 Å². The van der Waals surface area contributed by atoms with Gasteiger partial charge < -0.3 is 14.9 Å². The molecule has 1 saturated carbocycles. The van der Waals surface area contributed by atoms with Gasteiger partial charge in [-0.05, 0) is 37.2 Å². The first kappa shape index (κ1) is 13.5. The third-order valence-corrected chi connectivity index (χ3v) is 3.38. The van der Waals surface area contributed by atoms with Crippen LogP contribution in [0.5, 0.6) is 0 Å². The lowest BCUT2D eigenvalue weighted by Crippen LogP contribution is -2.19. The summed E-state index contributed by atoms with van der Waals surface area (Å²) in [6, 6.07) is 9.92. The van der Waals surface area contributed by atoms with Gasteiger partial charge in [0.1, 0.15) is 0 Å². The Labute approximate surface area is 108 Å². The Morgan fingerprint density at radius 2 is 1.83 bits per heavy atom. The van der Waals surface area contributed by atoms with E-state index in [1.807, 2.05) is 30.3 Å². The molecule has 100 valence electrons. The molecule has 18 heavy (non-hydrogen) atoms. The van der Waals surface area contributed by atoms with Crippen molar-refractivity contribution in [2.75, 3.05) is 6.61 Å². The minimum atomic E-state index is -0.470. The Kier molecular flexibility index (Phi) is 5.17. The SMILES string of the molecule is OC(CCC(O)C1CC1)COCc1ccccc1. The van der Waals surface area contributed by atoms with Gasteiger partial charge >= 0.3 is 0 Å². The maximum atomic E-state index is 9.74. The molecule has 0 aromatic heterocycles. The highest BCUT2D eigenvalue weighted by Crippen LogP contribution is 2.34. The smallest absolute Gasteiger partial charge is 0.0774 e. The lowest BCUT2D eigenvalue weighted by molar-refractivity contribution is 0.0151. The van der Waals surface area contributed by atoms with Gasteiger partial charge in [-0.1, -0.05) is 30.3 Å². The van der Waals surface area contributed by atoms with E-state index in [0.717, 1.165) is 18.4 Å². The third kappa shape index (κ3) is 4.77. The highest BCUT2D eigenvalue weighted by molar-refractivity contribution is 5.13. The maximum absolute atomic E-state index is 9.74. The highest BCUT2D eigenvalue weighted by atomic mass is 16.5. The zero-order valence-corrected chi connectivity index (χ0v) is 10.7. The molecule has 2 N–H and O–H groups in total. The second kappa shape index (κ2) is 6.88. The van der Waals surface area contributed by atoms with Crippen molar-refractivity contribution in [1.29, 1.82) is 0 Å². The molecule has 1 aromatic carbocycles. The number of hydrogen-bond donors (Lipinski definition) is 2. The number of aliphatic hydroxyl groups is 2. The highest BCUT2D eigenvalue weighted by Gasteiger charge is 2.29. The molecule has 3 heteroatoms. The van der Waals surface area contributed by atoms with Gasteiger partial charge in [-0.25, -0.2) is 0 Å². The van der Waals surface area contributed by atoms with Crippen LogP contribution in [0.15, 0.2) is 30.3 Å². The lowest BCUT2D eigenvalue weighted by atomic mass is 10.1. The average Bonchev–Trinajstić information content (AvgIpc) is 3.21. The van der Waals surface area contributed by atoms with Crippen LogP contribution in [0.3, 0.4) is 0 Å². The number of rotatable bonds is 8. The lowest BCUT2D eigenvalue weighted by Gasteiger charge is -2.14. The van der Waals surface area contributed by atoms with Crippen LogP contribution in [0.4, 0.5) is 0 Å². The second-order valence-corrected chi connectivity index (χ2v) is 5.14. The summed E-state index contributed by atoms with van der Waals surface area (Å²) in [6.07, 6.45) is 2.88. The van der Waals surface area contributed by atoms with E-state index >= 15 is 0 Å². The predicted octanol–water partition coefficient (Wildman–Crippen LogP) is 2.12. The van der Waals surface area contributed by atoms with Gasteiger partial charge in [-0.15, -0.1) is 0 Å². The second-order valence-electron chi connectivity index (χ2n) is 5.14. The Balaban J connectivity index is 1.55. The zero-order valence-electron chi connectivity index (χ0n) is 10.7. The molecule has 0 radical (unpaired) electrons. The molecule has 3 nitrogen and oxygen atoms in total. The van der Waals surface area contributed by atoms with E-state index in [2.05, 4.69) is 0 Å². The van der Waals surface area contributed by atoms with Crippen molar-refractivity contribution in [3.8, 4) is 0 Å². The molecule has 0 aliphatic heterocycles. The summed E-state index contributed by atoms with van der Waals surface area (Å²) in [4.78, 5) is 0. The summed E-state index contributed by atoms with van der Waals surface area (Å²) in [5.41, 5.74) is 1.11. The van der Waals surface area contributed by atoms with Crippen molar-refractivity contribution in [2.45, 2.75) is 44.5 Å². The van der Waals surface area contributed by atoms with Gasteiger partial charge in [0, 0.05) is 0 Å². The van der Waals surface area contributed by atoms with Crippen LogP contribution in [0, 0.1) is 5.92 Å². The quantitative estimate of drug-likeness (QED) is 0.743. The summed E-state index contributed by atoms with van der Waals surface area (Å²) in [5, 5.41) is 19.4. The van der Waals surface area contributed by atoms with Crippen molar-refractivity contribution in [2.24, 2.45) is 5.92 Å². The first-order valence-electron chi connectivity index (χ1n) is 6.73. The molecule has 0 heterocycles. The van der Waals surface area contributed by atoms with Crippen LogP contribution in [0.25, 0.3) is 0 Å². The van der Waals surface area contributed by atoms with Crippen LogP contribution in [-0.4, -0.2) is 29.0 Å². The van der Waals surface area contributed by atoms with E-state index in [1.165, 1.54) is 0 Å². The number of ether oxygens (including phenoxy) is 1. The Hall–Kier alpha value is -0.900. The van der Waals surface area contributed by atoms with E-state index in [4.69, 9.17) is 4.74 Å². The molecule has 2 rings (SSSR count). The topological polar surface area (TPSA) is 49.7 Å². The first-order valence-corrected chi connectivity index (χ1v) is 6.73. The molecular weight excluding hydrogens is 228 g/mol. The van der Waals surface area contributed by atoms with Gasteiger partial charge in [0.25, 0.3) is 0 Å². The zero-order chi connectivity index (χ0) is 12.8. The maximum Gasteiger partial charge on any atom is 0.0774 e. The molecule has 0 amide bonds. The molecule has 0 bridgehead atoms. The van der Waals surface area contributed by atoms with Gasteiger partial charge in [0.2, 0.25) is 0 Å². The Morgan fingerprint density at radius 3 is 2.50 bits per heavy atom. The van der Waals surface area contributed by atoms with Crippen molar-refractivity contribution in [3.63, 3.8) is 0 Å². The molecule has 0 spiro atoms. The predicted molar refractivity (Wildman–Crippen MR) is 70.1 cm³/mol. The molecule has 1 fully saturated rings. The summed E-state index contributed by atoms with van der Waals surface area (Å²) in [6.45, 7) is 0.870. The van der Waals surface area contributed by atoms with Crippen molar-refractivity contribution in [1.82, 2.24) is 0 Å². The van der Waals surface area contributed by atoms with Gasteiger partial charge in [-0.3, -0.25) is 0 Å². The van der Waals surface area contributed by atoms with E-state index < -0.39 is 6.10 Å². The number of aliphatic hydroxyl groups excluding tert-OH is 2. The Bertz CT molecular complexity index is 335. The van der Waals surface area contributed by atoms with Gasteiger partial charge in [0.15, 0.2) is 0 Å². The molecule has 1 aliphatic rings. The molecular formula is C15H22O3. The molecule has 1 aliphatic carbocycles. The minimum Gasteiger partial charge on any atom is -0.393 e. The monoisotopic (exact) mass is 250 g/mol. The number of hydrogen-bond acceptors (Lipinski definition) is 3. The summed E-state index contributed by atoms with van der Waals surface area (Å²) < 4.78 is 5.46. The average molecular weight is 250 g/mol. The van der Waals surface area contributed by atoms with Crippen LogP contribution in [0.2, 0.25) is 0 Å².